The van der Waals surface area contributed by atoms with E-state index in [9.17, 15) is 9.18 Å². The smallest absolute Gasteiger partial charge is 0.166 e. The predicted octanol–water partition coefficient (Wildman–Crippen LogP) is 4.76. The van der Waals surface area contributed by atoms with Crippen molar-refractivity contribution in [2.45, 2.75) is 51.2 Å². The molecule has 25 heavy (non-hydrogen) atoms. The Morgan fingerprint density at radius 2 is 1.76 bits per heavy atom. The van der Waals surface area contributed by atoms with Crippen LogP contribution in [-0.4, -0.2) is 22.8 Å². The van der Waals surface area contributed by atoms with Gasteiger partial charge in [-0.15, -0.1) is 0 Å². The van der Waals surface area contributed by atoms with Crippen LogP contribution in [0.4, 0.5) is 4.39 Å². The van der Waals surface area contributed by atoms with Crippen LogP contribution >= 0.6 is 0 Å². The molecule has 0 saturated carbocycles. The molecule has 130 valence electrons. The minimum atomic E-state index is -0.312. The maximum absolute atomic E-state index is 13.7. The van der Waals surface area contributed by atoms with Gasteiger partial charge in [0.25, 0.3) is 0 Å². The molecule has 4 rings (SSSR count). The van der Waals surface area contributed by atoms with E-state index < -0.39 is 0 Å². The fourth-order valence-electron chi connectivity index (χ4n) is 4.65. The molecule has 2 aliphatic heterocycles. The lowest BCUT2D eigenvalue weighted by atomic mass is 9.84. The number of ketones is 1. The van der Waals surface area contributed by atoms with Crippen molar-refractivity contribution in [2.75, 3.05) is 0 Å². The molecule has 0 aromatic heterocycles. The highest BCUT2D eigenvalue weighted by molar-refractivity contribution is 5.98. The molecule has 2 fully saturated rings. The van der Waals surface area contributed by atoms with E-state index in [4.69, 9.17) is 0 Å². The number of hydrogen-bond donors (Lipinski definition) is 0. The number of rotatable bonds is 4. The Kier molecular flexibility index (Phi) is 4.43. The molecule has 0 aliphatic carbocycles. The topological polar surface area (TPSA) is 20.3 Å². The Balaban J connectivity index is 1.48. The van der Waals surface area contributed by atoms with E-state index in [1.165, 1.54) is 30.5 Å². The van der Waals surface area contributed by atoms with E-state index in [-0.39, 0.29) is 17.5 Å². The van der Waals surface area contributed by atoms with E-state index in [1.54, 1.807) is 0 Å². The molecule has 0 amide bonds. The van der Waals surface area contributed by atoms with Crippen LogP contribution < -0.4 is 0 Å². The van der Waals surface area contributed by atoms with Crippen molar-refractivity contribution in [1.29, 1.82) is 0 Å². The Morgan fingerprint density at radius 3 is 2.40 bits per heavy atom. The fourth-order valence-corrected chi connectivity index (χ4v) is 4.65. The van der Waals surface area contributed by atoms with E-state index in [2.05, 4.69) is 29.2 Å². The van der Waals surface area contributed by atoms with Crippen LogP contribution in [0.2, 0.25) is 0 Å². The molecule has 2 bridgehead atoms. The Labute approximate surface area is 148 Å². The van der Waals surface area contributed by atoms with Crippen LogP contribution in [0.3, 0.4) is 0 Å². The summed E-state index contributed by atoms with van der Waals surface area (Å²) in [5.41, 5.74) is 2.69. The largest absolute Gasteiger partial charge is 0.294 e. The summed E-state index contributed by atoms with van der Waals surface area (Å²) in [4.78, 5) is 15.5. The van der Waals surface area contributed by atoms with Gasteiger partial charge in [-0.05, 0) is 61.9 Å². The zero-order valence-electron chi connectivity index (χ0n) is 14.6. The Bertz CT molecular complexity index is 739. The van der Waals surface area contributed by atoms with E-state index in [0.717, 1.165) is 24.9 Å². The molecule has 0 N–H and O–H groups in total. The number of fused-ring (bicyclic) bond motifs is 2. The third-order valence-corrected chi connectivity index (χ3v) is 5.79. The highest BCUT2D eigenvalue weighted by Gasteiger charge is 2.42. The van der Waals surface area contributed by atoms with Gasteiger partial charge in [-0.3, -0.25) is 9.69 Å². The number of piperidine rings is 1. The first-order chi connectivity index (χ1) is 12.1. The van der Waals surface area contributed by atoms with Crippen molar-refractivity contribution in [3.63, 3.8) is 0 Å². The second kappa shape index (κ2) is 6.72. The predicted molar refractivity (Wildman–Crippen MR) is 97.0 cm³/mol. The molecule has 2 aliphatic rings. The molecular formula is C22H24FNO. The third kappa shape index (κ3) is 3.38. The minimum absolute atomic E-state index is 0.0331. The normalized spacial score (nSPS) is 25.9. The average Bonchev–Trinajstić information content (AvgIpc) is 2.82. The summed E-state index contributed by atoms with van der Waals surface area (Å²) in [6, 6.07) is 16.2. The SMILES string of the molecule is Cc1cc(F)cc(C(=O)C2CC3CCC(C2)N3Cc2ccccc2)c1. The van der Waals surface area contributed by atoms with Gasteiger partial charge in [0.2, 0.25) is 0 Å². The fraction of sp³-hybridized carbons (Fsp3) is 0.409. The number of carbonyl (C=O) groups is 1. The molecule has 2 atom stereocenters. The minimum Gasteiger partial charge on any atom is -0.294 e. The van der Waals surface area contributed by atoms with Gasteiger partial charge < -0.3 is 0 Å². The molecule has 2 saturated heterocycles. The van der Waals surface area contributed by atoms with Crippen molar-refractivity contribution < 1.29 is 9.18 Å². The first-order valence-corrected chi connectivity index (χ1v) is 9.21. The molecule has 2 heterocycles. The summed E-state index contributed by atoms with van der Waals surface area (Å²) >= 11 is 0. The molecule has 3 heteroatoms. The number of benzene rings is 2. The van der Waals surface area contributed by atoms with Crippen LogP contribution in [0.5, 0.6) is 0 Å². The summed E-state index contributed by atoms with van der Waals surface area (Å²) in [6.45, 7) is 2.81. The molecule has 2 nitrogen and oxygen atoms in total. The lowest BCUT2D eigenvalue weighted by Crippen LogP contribution is -2.44. The molecule has 2 aromatic carbocycles. The van der Waals surface area contributed by atoms with Gasteiger partial charge in [-0.25, -0.2) is 4.39 Å². The summed E-state index contributed by atoms with van der Waals surface area (Å²) in [7, 11) is 0. The molecular weight excluding hydrogens is 313 g/mol. The van der Waals surface area contributed by atoms with Gasteiger partial charge >= 0.3 is 0 Å². The van der Waals surface area contributed by atoms with Crippen LogP contribution in [-0.2, 0) is 6.54 Å². The second-order valence-electron chi connectivity index (χ2n) is 7.59. The summed E-state index contributed by atoms with van der Waals surface area (Å²) in [5, 5.41) is 0. The monoisotopic (exact) mass is 337 g/mol. The van der Waals surface area contributed by atoms with Gasteiger partial charge in [-0.2, -0.15) is 0 Å². The maximum atomic E-state index is 13.7. The Morgan fingerprint density at radius 1 is 1.08 bits per heavy atom. The van der Waals surface area contributed by atoms with Gasteiger partial charge in [0, 0.05) is 30.1 Å². The van der Waals surface area contributed by atoms with Gasteiger partial charge in [-0.1, -0.05) is 30.3 Å². The zero-order chi connectivity index (χ0) is 17.4. The highest BCUT2D eigenvalue weighted by atomic mass is 19.1. The highest BCUT2D eigenvalue weighted by Crippen LogP contribution is 2.40. The quantitative estimate of drug-likeness (QED) is 0.750. The lowest BCUT2D eigenvalue weighted by Gasteiger charge is -2.38. The second-order valence-corrected chi connectivity index (χ2v) is 7.59. The number of carbonyl (C=O) groups excluding carboxylic acids is 1. The van der Waals surface area contributed by atoms with Gasteiger partial charge in [0.05, 0.1) is 0 Å². The van der Waals surface area contributed by atoms with Crippen molar-refractivity contribution in [3.8, 4) is 0 Å². The summed E-state index contributed by atoms with van der Waals surface area (Å²) in [6.07, 6.45) is 4.14. The Hall–Kier alpha value is -2.00. The number of aryl methyl sites for hydroxylation is 1. The van der Waals surface area contributed by atoms with Crippen molar-refractivity contribution in [1.82, 2.24) is 4.90 Å². The first kappa shape index (κ1) is 16.5. The van der Waals surface area contributed by atoms with E-state index >= 15 is 0 Å². The van der Waals surface area contributed by atoms with Crippen LogP contribution in [0.1, 0.15) is 47.2 Å². The van der Waals surface area contributed by atoms with E-state index in [1.807, 2.05) is 19.1 Å². The third-order valence-electron chi connectivity index (χ3n) is 5.79. The zero-order valence-corrected chi connectivity index (χ0v) is 14.6. The first-order valence-electron chi connectivity index (χ1n) is 9.21. The van der Waals surface area contributed by atoms with Crippen LogP contribution in [0.15, 0.2) is 48.5 Å². The van der Waals surface area contributed by atoms with Crippen LogP contribution in [0.25, 0.3) is 0 Å². The average molecular weight is 337 g/mol. The standard InChI is InChI=1S/C22H24FNO/c1-15-9-17(11-19(23)10-15)22(25)18-12-20-7-8-21(13-18)24(20)14-16-5-3-2-4-6-16/h2-6,9-11,18,20-21H,7-8,12-14H2,1H3. The van der Waals surface area contributed by atoms with Crippen LogP contribution in [0, 0.1) is 18.7 Å². The molecule has 2 aromatic rings. The number of nitrogens with zero attached hydrogens (tertiary/aromatic N) is 1. The lowest BCUT2D eigenvalue weighted by molar-refractivity contribution is 0.0678. The van der Waals surface area contributed by atoms with Crippen molar-refractivity contribution >= 4 is 5.78 Å². The maximum Gasteiger partial charge on any atom is 0.166 e. The number of hydrogen-bond acceptors (Lipinski definition) is 2. The summed E-state index contributed by atoms with van der Waals surface area (Å²) < 4.78 is 13.7. The number of halogens is 1. The molecule has 2 unspecified atom stereocenters. The van der Waals surface area contributed by atoms with Gasteiger partial charge in [0.1, 0.15) is 5.82 Å². The molecule has 0 radical (unpaired) electrons. The number of Topliss-reactive ketones (excluding diaryl/α,β-unsaturated/α-hetero) is 1. The van der Waals surface area contributed by atoms with Crippen molar-refractivity contribution in [3.05, 3.63) is 71.0 Å². The van der Waals surface area contributed by atoms with E-state index in [0.29, 0.717) is 17.6 Å². The molecule has 0 spiro atoms. The van der Waals surface area contributed by atoms with Gasteiger partial charge in [0.15, 0.2) is 5.78 Å². The van der Waals surface area contributed by atoms with Crippen molar-refractivity contribution in [2.24, 2.45) is 5.92 Å². The summed E-state index contributed by atoms with van der Waals surface area (Å²) in [5.74, 6) is -0.155.